The van der Waals surface area contributed by atoms with Crippen LogP contribution in [0.1, 0.15) is 55.1 Å². The molecule has 5 nitrogen and oxygen atoms in total. The molecule has 166 valence electrons. The highest BCUT2D eigenvalue weighted by Gasteiger charge is 2.49. The van der Waals surface area contributed by atoms with Crippen LogP contribution in [0.4, 0.5) is 5.69 Å². The Hall–Kier alpha value is -2.79. The quantitative estimate of drug-likeness (QED) is 0.576. The molecule has 1 aliphatic heterocycles. The number of aromatic nitrogens is 1. The summed E-state index contributed by atoms with van der Waals surface area (Å²) in [7, 11) is 0. The van der Waals surface area contributed by atoms with Gasteiger partial charge in [-0.2, -0.15) is 0 Å². The van der Waals surface area contributed by atoms with Crippen molar-refractivity contribution in [2.45, 2.75) is 64.1 Å². The second kappa shape index (κ2) is 7.96. The molecule has 32 heavy (non-hydrogen) atoms. The summed E-state index contributed by atoms with van der Waals surface area (Å²) in [6, 6.07) is 15.5. The smallest absolute Gasteiger partial charge is 0.275 e. The van der Waals surface area contributed by atoms with Crippen LogP contribution in [0.15, 0.2) is 48.5 Å². The van der Waals surface area contributed by atoms with Gasteiger partial charge in [0.25, 0.3) is 5.91 Å². The standard InChI is InChI=1S/C26H28ClN3O2/c1-17-20(27)12-8-14-21(17)30-24(31)23-15-18-9-6-7-13-22(18)29(23)16-26(30,2)25(32)28-19-10-4-3-5-11-19/h6-9,12-15,19H,3-5,10-11,16H2,1-2H3,(H,28,32). The number of amides is 2. The molecule has 1 N–H and O–H groups in total. The van der Waals surface area contributed by atoms with Crippen LogP contribution in [0.2, 0.25) is 5.02 Å². The third-order valence-corrected chi connectivity index (χ3v) is 7.51. The van der Waals surface area contributed by atoms with E-state index in [1.165, 1.54) is 6.42 Å². The number of halogens is 1. The second-order valence-corrected chi connectivity index (χ2v) is 9.69. The minimum absolute atomic E-state index is 0.111. The van der Waals surface area contributed by atoms with Crippen LogP contribution in [0.3, 0.4) is 0 Å². The van der Waals surface area contributed by atoms with Gasteiger partial charge in [-0.25, -0.2) is 0 Å². The highest BCUT2D eigenvalue weighted by Crippen LogP contribution is 2.39. The van der Waals surface area contributed by atoms with E-state index in [4.69, 9.17) is 11.6 Å². The highest BCUT2D eigenvalue weighted by atomic mass is 35.5. The van der Waals surface area contributed by atoms with Gasteiger partial charge >= 0.3 is 0 Å². The zero-order chi connectivity index (χ0) is 22.5. The maximum absolute atomic E-state index is 13.9. The van der Waals surface area contributed by atoms with Crippen LogP contribution >= 0.6 is 11.6 Å². The summed E-state index contributed by atoms with van der Waals surface area (Å²) in [6.07, 6.45) is 5.45. The number of benzene rings is 2. The summed E-state index contributed by atoms with van der Waals surface area (Å²) >= 11 is 6.43. The minimum Gasteiger partial charge on any atom is -0.351 e. The predicted octanol–water partition coefficient (Wildman–Crippen LogP) is 5.47. The number of anilines is 1. The summed E-state index contributed by atoms with van der Waals surface area (Å²) in [4.78, 5) is 29.4. The molecule has 0 radical (unpaired) electrons. The van der Waals surface area contributed by atoms with Crippen molar-refractivity contribution >= 4 is 40.0 Å². The fourth-order valence-corrected chi connectivity index (χ4v) is 5.42. The average molecular weight is 450 g/mol. The first-order chi connectivity index (χ1) is 15.4. The molecule has 1 fully saturated rings. The van der Waals surface area contributed by atoms with Crippen LogP contribution in [0.5, 0.6) is 0 Å². The van der Waals surface area contributed by atoms with Gasteiger partial charge in [0, 0.05) is 27.7 Å². The van der Waals surface area contributed by atoms with E-state index in [2.05, 4.69) is 5.32 Å². The van der Waals surface area contributed by atoms with Gasteiger partial charge in [-0.3, -0.25) is 14.5 Å². The maximum Gasteiger partial charge on any atom is 0.275 e. The van der Waals surface area contributed by atoms with Crippen molar-refractivity contribution in [3.8, 4) is 0 Å². The molecule has 2 amide bonds. The number of rotatable bonds is 3. The lowest BCUT2D eigenvalue weighted by Gasteiger charge is -2.45. The molecular formula is C26H28ClN3O2. The molecule has 1 aromatic heterocycles. The van der Waals surface area contributed by atoms with Crippen molar-refractivity contribution in [2.24, 2.45) is 0 Å². The molecule has 5 rings (SSSR count). The van der Waals surface area contributed by atoms with Crippen molar-refractivity contribution in [1.29, 1.82) is 0 Å². The molecule has 1 unspecified atom stereocenters. The van der Waals surface area contributed by atoms with Crippen molar-refractivity contribution in [3.05, 3.63) is 64.8 Å². The number of para-hydroxylation sites is 1. The molecule has 1 aliphatic carbocycles. The molecular weight excluding hydrogens is 422 g/mol. The van der Waals surface area contributed by atoms with Crippen molar-refractivity contribution in [2.75, 3.05) is 4.90 Å². The van der Waals surface area contributed by atoms with Gasteiger partial charge in [0.15, 0.2) is 0 Å². The second-order valence-electron chi connectivity index (χ2n) is 9.28. The van der Waals surface area contributed by atoms with Gasteiger partial charge < -0.3 is 9.88 Å². The monoisotopic (exact) mass is 449 g/mol. The van der Waals surface area contributed by atoms with E-state index >= 15 is 0 Å². The average Bonchev–Trinajstić information content (AvgIpc) is 3.16. The van der Waals surface area contributed by atoms with Gasteiger partial charge in [0.1, 0.15) is 11.2 Å². The zero-order valence-corrected chi connectivity index (χ0v) is 19.3. The summed E-state index contributed by atoms with van der Waals surface area (Å²) in [5.41, 5.74) is 1.95. The summed E-state index contributed by atoms with van der Waals surface area (Å²) < 4.78 is 1.99. The predicted molar refractivity (Wildman–Crippen MR) is 128 cm³/mol. The summed E-state index contributed by atoms with van der Waals surface area (Å²) in [5.74, 6) is -0.292. The third-order valence-electron chi connectivity index (χ3n) is 7.10. The van der Waals surface area contributed by atoms with Crippen LogP contribution in [0, 0.1) is 6.92 Å². The molecule has 6 heteroatoms. The Bertz CT molecular complexity index is 1210. The first-order valence-electron chi connectivity index (χ1n) is 11.4. The summed E-state index contributed by atoms with van der Waals surface area (Å²) in [6.45, 7) is 4.15. The SMILES string of the molecule is Cc1c(Cl)cccc1N1C(=O)c2cc3ccccc3n2CC1(C)C(=O)NC1CCCCC1. The van der Waals surface area contributed by atoms with Gasteiger partial charge in [-0.05, 0) is 56.5 Å². The first-order valence-corrected chi connectivity index (χ1v) is 11.8. The van der Waals surface area contributed by atoms with E-state index in [-0.39, 0.29) is 17.9 Å². The van der Waals surface area contributed by atoms with Crippen LogP contribution < -0.4 is 10.2 Å². The fraction of sp³-hybridized carbons (Fsp3) is 0.385. The molecule has 2 heterocycles. The van der Waals surface area contributed by atoms with Gasteiger partial charge in [-0.1, -0.05) is 55.1 Å². The molecule has 0 bridgehead atoms. The van der Waals surface area contributed by atoms with Crippen LogP contribution in [0.25, 0.3) is 10.9 Å². The normalized spacial score (nSPS) is 21.6. The Labute approximate surface area is 193 Å². The number of carbonyl (C=O) groups is 2. The van der Waals surface area contributed by atoms with E-state index in [0.717, 1.165) is 42.1 Å². The molecule has 0 saturated heterocycles. The maximum atomic E-state index is 13.9. The Morgan fingerprint density at radius 2 is 1.84 bits per heavy atom. The number of hydrogen-bond donors (Lipinski definition) is 1. The highest BCUT2D eigenvalue weighted by molar-refractivity contribution is 6.32. The van der Waals surface area contributed by atoms with Crippen molar-refractivity contribution in [3.63, 3.8) is 0 Å². The van der Waals surface area contributed by atoms with Gasteiger partial charge in [-0.15, -0.1) is 0 Å². The lowest BCUT2D eigenvalue weighted by molar-refractivity contribution is -0.127. The van der Waals surface area contributed by atoms with E-state index in [0.29, 0.717) is 22.9 Å². The van der Waals surface area contributed by atoms with E-state index in [1.807, 2.05) is 66.9 Å². The van der Waals surface area contributed by atoms with Gasteiger partial charge in [0.05, 0.1) is 6.54 Å². The van der Waals surface area contributed by atoms with Crippen molar-refractivity contribution in [1.82, 2.24) is 9.88 Å². The van der Waals surface area contributed by atoms with E-state index in [9.17, 15) is 9.59 Å². The zero-order valence-electron chi connectivity index (χ0n) is 18.5. The molecule has 0 spiro atoms. The topological polar surface area (TPSA) is 54.3 Å². The molecule has 3 aromatic rings. The fourth-order valence-electron chi connectivity index (χ4n) is 5.25. The Morgan fingerprint density at radius 3 is 2.62 bits per heavy atom. The lowest BCUT2D eigenvalue weighted by Crippen LogP contribution is -2.65. The Balaban J connectivity index is 1.65. The minimum atomic E-state index is -1.08. The van der Waals surface area contributed by atoms with E-state index < -0.39 is 5.54 Å². The van der Waals surface area contributed by atoms with Crippen LogP contribution in [-0.2, 0) is 11.3 Å². The molecule has 1 atom stereocenters. The van der Waals surface area contributed by atoms with Gasteiger partial charge in [0.2, 0.25) is 5.91 Å². The number of hydrogen-bond acceptors (Lipinski definition) is 2. The molecule has 2 aliphatic rings. The number of nitrogens with one attached hydrogen (secondary N) is 1. The van der Waals surface area contributed by atoms with E-state index in [1.54, 1.807) is 4.90 Å². The first kappa shape index (κ1) is 21.1. The summed E-state index contributed by atoms with van der Waals surface area (Å²) in [5, 5.41) is 4.85. The largest absolute Gasteiger partial charge is 0.351 e. The molecule has 1 saturated carbocycles. The number of carbonyl (C=O) groups excluding carboxylic acids is 2. The van der Waals surface area contributed by atoms with Crippen LogP contribution in [-0.4, -0.2) is 28.0 Å². The Morgan fingerprint density at radius 1 is 1.09 bits per heavy atom. The lowest BCUT2D eigenvalue weighted by atomic mass is 9.90. The molecule has 2 aromatic carbocycles. The number of nitrogens with zero attached hydrogens (tertiary/aromatic N) is 2. The number of fused-ring (bicyclic) bond motifs is 3. The van der Waals surface area contributed by atoms with Crippen molar-refractivity contribution < 1.29 is 9.59 Å². The third kappa shape index (κ3) is 3.30. The Kier molecular flexibility index (Phi) is 5.25.